The van der Waals surface area contributed by atoms with Gasteiger partial charge in [0.05, 0.1) is 5.01 Å². The summed E-state index contributed by atoms with van der Waals surface area (Å²) in [5.74, 6) is -0.323. The van der Waals surface area contributed by atoms with E-state index in [4.69, 9.17) is 0 Å². The Morgan fingerprint density at radius 1 is 1.16 bits per heavy atom. The van der Waals surface area contributed by atoms with Gasteiger partial charge in [-0.3, -0.25) is 4.79 Å². The van der Waals surface area contributed by atoms with E-state index in [-0.39, 0.29) is 15.7 Å². The summed E-state index contributed by atoms with van der Waals surface area (Å²) >= 11 is 2.83. The first-order valence-corrected chi connectivity index (χ1v) is 13.5. The van der Waals surface area contributed by atoms with E-state index >= 15 is 0 Å². The number of thiophene rings is 1. The van der Waals surface area contributed by atoms with Crippen LogP contribution in [-0.2, 0) is 29.4 Å². The standard InChI is InChI=1S/C22H25N3O3S3/c1-16-15-30-20(24-16)8-4-5-11-23-22(26)21-19(10-13-29-21)31(27,28)25-12-9-17-6-2-3-7-18(17)14-25/h2-3,6-7,10,13,15H,4-5,8-9,11-12,14H2,1H3,(H,23,26). The van der Waals surface area contributed by atoms with Crippen LogP contribution in [0.4, 0.5) is 0 Å². The lowest BCUT2D eigenvalue weighted by Gasteiger charge is -2.28. The maximum atomic E-state index is 13.3. The summed E-state index contributed by atoms with van der Waals surface area (Å²) in [5.41, 5.74) is 3.25. The Balaban J connectivity index is 1.36. The van der Waals surface area contributed by atoms with Crippen LogP contribution in [0.25, 0.3) is 0 Å². The number of aromatic nitrogens is 1. The second kappa shape index (κ2) is 9.60. The van der Waals surface area contributed by atoms with Gasteiger partial charge in [-0.15, -0.1) is 22.7 Å². The molecule has 0 aliphatic carbocycles. The van der Waals surface area contributed by atoms with E-state index in [0.29, 0.717) is 26.1 Å². The van der Waals surface area contributed by atoms with Crippen molar-refractivity contribution in [1.29, 1.82) is 0 Å². The second-order valence-electron chi connectivity index (χ2n) is 7.57. The van der Waals surface area contributed by atoms with Crippen LogP contribution in [0.3, 0.4) is 0 Å². The van der Waals surface area contributed by atoms with Crippen LogP contribution in [0.1, 0.15) is 44.3 Å². The van der Waals surface area contributed by atoms with E-state index in [1.807, 2.05) is 36.6 Å². The van der Waals surface area contributed by atoms with Gasteiger partial charge in [0.1, 0.15) is 9.77 Å². The lowest BCUT2D eigenvalue weighted by molar-refractivity contribution is 0.0954. The minimum Gasteiger partial charge on any atom is -0.351 e. The third kappa shape index (κ3) is 5.06. The van der Waals surface area contributed by atoms with Crippen LogP contribution >= 0.6 is 22.7 Å². The van der Waals surface area contributed by atoms with E-state index in [1.54, 1.807) is 22.8 Å². The largest absolute Gasteiger partial charge is 0.351 e. The van der Waals surface area contributed by atoms with Crippen LogP contribution in [0.15, 0.2) is 46.0 Å². The van der Waals surface area contributed by atoms with Crippen molar-refractivity contribution in [2.75, 3.05) is 13.1 Å². The molecular weight excluding hydrogens is 450 g/mol. The van der Waals surface area contributed by atoms with Gasteiger partial charge in [-0.05, 0) is 55.2 Å². The Bertz CT molecular complexity index is 1170. The molecule has 3 heterocycles. The third-order valence-electron chi connectivity index (χ3n) is 5.32. The zero-order valence-corrected chi connectivity index (χ0v) is 19.8. The molecule has 2 aromatic heterocycles. The van der Waals surface area contributed by atoms with Gasteiger partial charge in [0.2, 0.25) is 10.0 Å². The van der Waals surface area contributed by atoms with E-state index in [9.17, 15) is 13.2 Å². The van der Waals surface area contributed by atoms with Crippen molar-refractivity contribution < 1.29 is 13.2 Å². The molecule has 0 unspecified atom stereocenters. The molecule has 1 aromatic carbocycles. The summed E-state index contributed by atoms with van der Waals surface area (Å²) < 4.78 is 28.0. The highest BCUT2D eigenvalue weighted by molar-refractivity contribution is 7.89. The van der Waals surface area contributed by atoms with Gasteiger partial charge in [-0.25, -0.2) is 13.4 Å². The minimum absolute atomic E-state index is 0.104. The summed E-state index contributed by atoms with van der Waals surface area (Å²) in [6.07, 6.45) is 3.32. The number of nitrogens with one attached hydrogen (secondary N) is 1. The number of rotatable bonds is 8. The van der Waals surface area contributed by atoms with Crippen molar-refractivity contribution in [3.05, 3.63) is 67.8 Å². The number of carbonyl (C=O) groups is 1. The molecule has 0 spiro atoms. The molecule has 3 aromatic rings. The van der Waals surface area contributed by atoms with Crippen molar-refractivity contribution >= 4 is 38.6 Å². The van der Waals surface area contributed by atoms with Gasteiger partial charge in [0.25, 0.3) is 5.91 Å². The molecule has 1 amide bonds. The molecule has 0 saturated carbocycles. The maximum Gasteiger partial charge on any atom is 0.262 e. The molecule has 1 aliphatic rings. The quantitative estimate of drug-likeness (QED) is 0.499. The Hall–Kier alpha value is -2.07. The first kappa shape index (κ1) is 22.1. The number of aryl methyl sites for hydroxylation is 2. The normalized spacial score (nSPS) is 14.4. The first-order valence-electron chi connectivity index (χ1n) is 10.3. The van der Waals surface area contributed by atoms with Crippen LogP contribution in [0.5, 0.6) is 0 Å². The molecule has 31 heavy (non-hydrogen) atoms. The fourth-order valence-corrected chi connectivity index (χ4v) is 7.24. The van der Waals surface area contributed by atoms with E-state index in [1.165, 1.54) is 21.2 Å². The second-order valence-corrected chi connectivity index (χ2v) is 11.3. The number of amides is 1. The molecular formula is C22H25N3O3S3. The van der Waals surface area contributed by atoms with Gasteiger partial charge < -0.3 is 5.32 Å². The molecule has 0 radical (unpaired) electrons. The SMILES string of the molecule is Cc1csc(CCCCNC(=O)c2sccc2S(=O)(=O)N2CCc3ccccc3C2)n1. The van der Waals surface area contributed by atoms with Crippen LogP contribution in [0.2, 0.25) is 0 Å². The summed E-state index contributed by atoms with van der Waals surface area (Å²) in [6.45, 7) is 3.26. The molecule has 1 N–H and O–H groups in total. The number of carbonyl (C=O) groups excluding carboxylic acids is 1. The molecule has 0 fully saturated rings. The van der Waals surface area contributed by atoms with E-state index in [0.717, 1.165) is 35.5 Å². The summed E-state index contributed by atoms with van der Waals surface area (Å²) in [7, 11) is -3.73. The highest BCUT2D eigenvalue weighted by atomic mass is 32.2. The lowest BCUT2D eigenvalue weighted by Crippen LogP contribution is -2.36. The maximum absolute atomic E-state index is 13.3. The van der Waals surface area contributed by atoms with Gasteiger partial charge >= 0.3 is 0 Å². The zero-order valence-electron chi connectivity index (χ0n) is 17.3. The Kier molecular flexibility index (Phi) is 6.86. The monoisotopic (exact) mass is 475 g/mol. The molecule has 4 rings (SSSR count). The Morgan fingerprint density at radius 3 is 2.74 bits per heavy atom. The molecule has 6 nitrogen and oxygen atoms in total. The molecule has 164 valence electrons. The minimum atomic E-state index is -3.73. The molecule has 0 bridgehead atoms. The predicted molar refractivity (Wildman–Crippen MR) is 124 cm³/mol. The van der Waals surface area contributed by atoms with Crippen molar-refractivity contribution in [1.82, 2.24) is 14.6 Å². The average Bonchev–Trinajstić information content (AvgIpc) is 3.42. The zero-order chi connectivity index (χ0) is 21.8. The molecule has 0 saturated heterocycles. The average molecular weight is 476 g/mol. The number of nitrogens with zero attached hydrogens (tertiary/aromatic N) is 2. The fraction of sp³-hybridized carbons (Fsp3) is 0.364. The van der Waals surface area contributed by atoms with Gasteiger partial charge in [-0.1, -0.05) is 24.3 Å². The van der Waals surface area contributed by atoms with E-state index in [2.05, 4.69) is 10.3 Å². The van der Waals surface area contributed by atoms with Crippen molar-refractivity contribution in [3.8, 4) is 0 Å². The lowest BCUT2D eigenvalue weighted by atomic mass is 10.0. The molecule has 1 aliphatic heterocycles. The summed E-state index contributed by atoms with van der Waals surface area (Å²) in [4.78, 5) is 17.5. The number of unbranched alkanes of at least 4 members (excludes halogenated alkanes) is 1. The van der Waals surface area contributed by atoms with Crippen LogP contribution in [0, 0.1) is 6.92 Å². The fourth-order valence-electron chi connectivity index (χ4n) is 3.68. The summed E-state index contributed by atoms with van der Waals surface area (Å²) in [5, 5.41) is 7.70. The van der Waals surface area contributed by atoms with Gasteiger partial charge in [0.15, 0.2) is 0 Å². The number of fused-ring (bicyclic) bond motifs is 1. The third-order valence-corrected chi connectivity index (χ3v) is 9.27. The highest BCUT2D eigenvalue weighted by Crippen LogP contribution is 2.29. The highest BCUT2D eigenvalue weighted by Gasteiger charge is 2.32. The van der Waals surface area contributed by atoms with Crippen LogP contribution < -0.4 is 5.32 Å². The van der Waals surface area contributed by atoms with E-state index < -0.39 is 10.0 Å². The van der Waals surface area contributed by atoms with Crippen molar-refractivity contribution in [2.45, 2.75) is 44.0 Å². The molecule has 0 atom stereocenters. The van der Waals surface area contributed by atoms with Crippen molar-refractivity contribution in [2.24, 2.45) is 0 Å². The van der Waals surface area contributed by atoms with Gasteiger partial charge in [-0.2, -0.15) is 4.31 Å². The van der Waals surface area contributed by atoms with Crippen molar-refractivity contribution in [3.63, 3.8) is 0 Å². The number of thiazole rings is 1. The smallest absolute Gasteiger partial charge is 0.262 e. The topological polar surface area (TPSA) is 79.4 Å². The first-order chi connectivity index (χ1) is 14.9. The number of hydrogen-bond donors (Lipinski definition) is 1. The predicted octanol–water partition coefficient (Wildman–Crippen LogP) is 4.01. The number of hydrogen-bond acceptors (Lipinski definition) is 6. The Labute approximate surface area is 191 Å². The summed E-state index contributed by atoms with van der Waals surface area (Å²) in [6, 6.07) is 9.44. The number of sulfonamides is 1. The Morgan fingerprint density at radius 2 is 1.97 bits per heavy atom. The molecule has 9 heteroatoms. The van der Waals surface area contributed by atoms with Crippen LogP contribution in [-0.4, -0.2) is 36.7 Å². The number of benzene rings is 1. The van der Waals surface area contributed by atoms with Gasteiger partial charge in [0, 0.05) is 30.7 Å².